The summed E-state index contributed by atoms with van der Waals surface area (Å²) in [5.41, 5.74) is -1.71. The summed E-state index contributed by atoms with van der Waals surface area (Å²) in [5.74, 6) is -0.437. The van der Waals surface area contributed by atoms with Gasteiger partial charge in [0.2, 0.25) is 0 Å². The molecule has 2 N–H and O–H groups in total. The monoisotopic (exact) mass is 369 g/mol. The minimum atomic E-state index is -1.13. The maximum atomic E-state index is 12.3. The Bertz CT molecular complexity index is 499. The fourth-order valence-corrected chi connectivity index (χ4v) is 3.98. The van der Waals surface area contributed by atoms with Crippen LogP contribution in [0.4, 0.5) is 4.79 Å². The smallest absolute Gasteiger partial charge is 0.408 e. The van der Waals surface area contributed by atoms with Gasteiger partial charge in [-0.2, -0.15) is 0 Å². The number of rotatable bonds is 5. The van der Waals surface area contributed by atoms with Crippen molar-refractivity contribution in [3.63, 3.8) is 0 Å². The Kier molecular flexibility index (Phi) is 6.59. The van der Waals surface area contributed by atoms with Crippen LogP contribution >= 0.6 is 0 Å². The summed E-state index contributed by atoms with van der Waals surface area (Å²) in [4.78, 5) is 24.5. The molecule has 6 heteroatoms. The molecule has 6 nitrogen and oxygen atoms in total. The number of amides is 1. The van der Waals surface area contributed by atoms with Gasteiger partial charge in [-0.05, 0) is 47.0 Å². The first-order chi connectivity index (χ1) is 12.0. The maximum Gasteiger partial charge on any atom is 0.408 e. The minimum Gasteiger partial charge on any atom is -0.460 e. The van der Waals surface area contributed by atoms with Gasteiger partial charge in [-0.3, -0.25) is 4.79 Å². The van der Waals surface area contributed by atoms with E-state index < -0.39 is 29.3 Å². The Morgan fingerprint density at radius 3 is 2.35 bits per heavy atom. The van der Waals surface area contributed by atoms with Crippen LogP contribution < -0.4 is 5.32 Å². The molecule has 1 aliphatic carbocycles. The predicted molar refractivity (Wildman–Crippen MR) is 98.6 cm³/mol. The van der Waals surface area contributed by atoms with Crippen LogP contribution in [0.5, 0.6) is 0 Å². The zero-order chi connectivity index (χ0) is 19.5. The van der Waals surface area contributed by atoms with Crippen molar-refractivity contribution in [3.8, 4) is 0 Å². The van der Waals surface area contributed by atoms with Gasteiger partial charge in [0.25, 0.3) is 0 Å². The van der Waals surface area contributed by atoms with E-state index in [-0.39, 0.29) is 12.0 Å². The van der Waals surface area contributed by atoms with Gasteiger partial charge < -0.3 is 19.9 Å². The Hall–Kier alpha value is -1.30. The Balaban J connectivity index is 2.07. The van der Waals surface area contributed by atoms with Gasteiger partial charge in [-0.25, -0.2) is 4.79 Å². The second-order valence-corrected chi connectivity index (χ2v) is 9.41. The van der Waals surface area contributed by atoms with Gasteiger partial charge >= 0.3 is 12.1 Å². The number of alkyl carbamates (subject to hydrolysis) is 1. The van der Waals surface area contributed by atoms with E-state index in [0.717, 1.165) is 19.3 Å². The van der Waals surface area contributed by atoms with Crippen molar-refractivity contribution in [1.82, 2.24) is 5.32 Å². The van der Waals surface area contributed by atoms with E-state index >= 15 is 0 Å². The molecule has 2 fully saturated rings. The number of ether oxygens (including phenoxy) is 2. The molecule has 3 atom stereocenters. The molecule has 0 unspecified atom stereocenters. The molecule has 0 aromatic heterocycles. The van der Waals surface area contributed by atoms with Crippen LogP contribution in [0, 0.1) is 11.8 Å². The number of hydrogen-bond acceptors (Lipinski definition) is 5. The third-order valence-electron chi connectivity index (χ3n) is 5.34. The molecule has 150 valence electrons. The van der Waals surface area contributed by atoms with Gasteiger partial charge in [0.15, 0.2) is 0 Å². The molecule has 1 amide bonds. The van der Waals surface area contributed by atoms with Crippen molar-refractivity contribution in [2.24, 2.45) is 11.8 Å². The molecule has 26 heavy (non-hydrogen) atoms. The fourth-order valence-electron chi connectivity index (χ4n) is 3.98. The Labute approximate surface area is 157 Å². The van der Waals surface area contributed by atoms with Crippen molar-refractivity contribution >= 4 is 12.1 Å². The van der Waals surface area contributed by atoms with E-state index in [9.17, 15) is 14.7 Å². The number of carbonyl (C=O) groups excluding carboxylic acids is 2. The lowest BCUT2D eigenvalue weighted by atomic mass is 9.81. The average molecular weight is 370 g/mol. The van der Waals surface area contributed by atoms with Gasteiger partial charge in [-0.15, -0.1) is 0 Å². The zero-order valence-electron chi connectivity index (χ0n) is 16.8. The highest BCUT2D eigenvalue weighted by Gasteiger charge is 2.46. The standard InChI is InChI=1S/C20H35NO5/c1-19(2,3)26-18(23)21-15(11-13-9-7-6-8-10-13)16-12-14(17(22)25-16)20(4,5)24/h13-16,24H,6-12H2,1-5H3,(H,21,23)/t14-,15-,16+/m1/s1. The van der Waals surface area contributed by atoms with Crippen molar-refractivity contribution in [1.29, 1.82) is 0 Å². The van der Waals surface area contributed by atoms with E-state index in [2.05, 4.69) is 5.32 Å². The molecule has 1 heterocycles. The van der Waals surface area contributed by atoms with Crippen molar-refractivity contribution in [2.75, 3.05) is 0 Å². The van der Waals surface area contributed by atoms with Crippen molar-refractivity contribution < 1.29 is 24.2 Å². The van der Waals surface area contributed by atoms with E-state index in [4.69, 9.17) is 9.47 Å². The lowest BCUT2D eigenvalue weighted by molar-refractivity contribution is -0.150. The number of esters is 1. The summed E-state index contributed by atoms with van der Waals surface area (Å²) in [5, 5.41) is 13.2. The zero-order valence-corrected chi connectivity index (χ0v) is 16.8. The quantitative estimate of drug-likeness (QED) is 0.724. The molecule has 0 spiro atoms. The highest BCUT2D eigenvalue weighted by atomic mass is 16.6. The van der Waals surface area contributed by atoms with Gasteiger partial charge in [0.05, 0.1) is 17.6 Å². The van der Waals surface area contributed by atoms with E-state index in [1.807, 2.05) is 20.8 Å². The third kappa shape index (κ3) is 6.15. The van der Waals surface area contributed by atoms with Crippen LogP contribution in [-0.2, 0) is 14.3 Å². The molecule has 1 saturated heterocycles. The highest BCUT2D eigenvalue weighted by molar-refractivity contribution is 5.76. The number of aliphatic hydroxyl groups is 1. The SMILES string of the molecule is CC(C)(C)OC(=O)N[C@H](CC1CCCCC1)[C@@H]1C[C@@H](C(C)(C)O)C(=O)O1. The summed E-state index contributed by atoms with van der Waals surface area (Å²) in [6.07, 6.45) is 6.24. The fraction of sp³-hybridized carbons (Fsp3) is 0.900. The minimum absolute atomic E-state index is 0.288. The second kappa shape index (κ2) is 8.15. The molecular weight excluding hydrogens is 334 g/mol. The molecule has 1 aliphatic heterocycles. The maximum absolute atomic E-state index is 12.3. The molecule has 0 radical (unpaired) electrons. The summed E-state index contributed by atoms with van der Waals surface area (Å²) in [7, 11) is 0. The van der Waals surface area contributed by atoms with Crippen LogP contribution in [-0.4, -0.2) is 40.5 Å². The van der Waals surface area contributed by atoms with Crippen LogP contribution in [0.1, 0.15) is 79.6 Å². The van der Waals surface area contributed by atoms with Crippen molar-refractivity contribution in [2.45, 2.75) is 103 Å². The molecule has 0 bridgehead atoms. The largest absolute Gasteiger partial charge is 0.460 e. The van der Waals surface area contributed by atoms with E-state index in [0.29, 0.717) is 12.3 Å². The van der Waals surface area contributed by atoms with E-state index in [1.54, 1.807) is 13.8 Å². The molecular formula is C20H35NO5. The molecule has 0 aromatic rings. The molecule has 2 aliphatic rings. The average Bonchev–Trinajstić information content (AvgIpc) is 2.88. The van der Waals surface area contributed by atoms with E-state index in [1.165, 1.54) is 19.3 Å². The van der Waals surface area contributed by atoms with Gasteiger partial charge in [0, 0.05) is 6.42 Å². The first-order valence-electron chi connectivity index (χ1n) is 9.88. The number of nitrogens with one attached hydrogen (secondary N) is 1. The normalized spacial score (nSPS) is 26.3. The Morgan fingerprint density at radius 2 is 1.85 bits per heavy atom. The van der Waals surface area contributed by atoms with Crippen molar-refractivity contribution in [3.05, 3.63) is 0 Å². The second-order valence-electron chi connectivity index (χ2n) is 9.41. The first-order valence-corrected chi connectivity index (χ1v) is 9.88. The topological polar surface area (TPSA) is 84.9 Å². The summed E-state index contributed by atoms with van der Waals surface area (Å²) < 4.78 is 11.0. The predicted octanol–water partition coefficient (Wildman–Crippen LogP) is 3.55. The number of carbonyl (C=O) groups is 2. The third-order valence-corrected chi connectivity index (χ3v) is 5.34. The van der Waals surface area contributed by atoms with Gasteiger partial charge in [0.1, 0.15) is 11.7 Å². The number of hydrogen-bond donors (Lipinski definition) is 2. The van der Waals surface area contributed by atoms with Crippen LogP contribution in [0.3, 0.4) is 0 Å². The lowest BCUT2D eigenvalue weighted by Gasteiger charge is -2.31. The Morgan fingerprint density at radius 1 is 1.23 bits per heavy atom. The number of cyclic esters (lactones) is 1. The van der Waals surface area contributed by atoms with Crippen LogP contribution in [0.15, 0.2) is 0 Å². The molecule has 2 rings (SSSR count). The lowest BCUT2D eigenvalue weighted by Crippen LogP contribution is -2.46. The van der Waals surface area contributed by atoms with Gasteiger partial charge in [-0.1, -0.05) is 32.1 Å². The summed E-state index contributed by atoms with van der Waals surface area (Å²) in [6.45, 7) is 8.71. The molecule has 1 saturated carbocycles. The molecule has 0 aromatic carbocycles. The summed E-state index contributed by atoms with van der Waals surface area (Å²) in [6, 6.07) is -0.288. The summed E-state index contributed by atoms with van der Waals surface area (Å²) >= 11 is 0. The van der Waals surface area contributed by atoms with Crippen LogP contribution in [0.2, 0.25) is 0 Å². The van der Waals surface area contributed by atoms with Crippen LogP contribution in [0.25, 0.3) is 0 Å². The first kappa shape index (κ1) is 21.0. The highest BCUT2D eigenvalue weighted by Crippen LogP contribution is 2.35.